The van der Waals surface area contributed by atoms with Gasteiger partial charge in [0.05, 0.1) is 5.41 Å². The predicted octanol–water partition coefficient (Wildman–Crippen LogP) is 0.394. The van der Waals surface area contributed by atoms with Crippen molar-refractivity contribution in [3.8, 4) is 0 Å². The number of nitrogens with two attached hydrogens (primary N) is 1. The topological polar surface area (TPSA) is 113 Å². The number of nitrogens with zero attached hydrogens (tertiary/aromatic N) is 1. The summed E-state index contributed by atoms with van der Waals surface area (Å²) in [6.45, 7) is 4.61. The molecule has 1 aliphatic heterocycles. The molecule has 0 aromatic rings. The van der Waals surface area contributed by atoms with E-state index >= 15 is 0 Å². The average molecular weight is 285 g/mol. The lowest BCUT2D eigenvalue weighted by Gasteiger charge is -2.39. The summed E-state index contributed by atoms with van der Waals surface area (Å²) in [6, 6.07) is -0.267. The van der Waals surface area contributed by atoms with E-state index in [9.17, 15) is 19.5 Å². The van der Waals surface area contributed by atoms with Crippen LogP contribution in [0.15, 0.2) is 0 Å². The fraction of sp³-hybridized carbons (Fsp3) is 0.769. The van der Waals surface area contributed by atoms with Gasteiger partial charge in [-0.2, -0.15) is 0 Å². The quantitative estimate of drug-likeness (QED) is 0.678. The molecule has 1 atom stereocenters. The van der Waals surface area contributed by atoms with Gasteiger partial charge >= 0.3 is 12.0 Å². The molecule has 1 fully saturated rings. The third-order valence-electron chi connectivity index (χ3n) is 3.93. The van der Waals surface area contributed by atoms with E-state index in [1.807, 2.05) is 0 Å². The van der Waals surface area contributed by atoms with Crippen molar-refractivity contribution in [2.24, 2.45) is 17.1 Å². The lowest BCUT2D eigenvalue weighted by atomic mass is 9.74. The first-order valence-corrected chi connectivity index (χ1v) is 6.79. The van der Waals surface area contributed by atoms with Gasteiger partial charge in [-0.25, -0.2) is 4.79 Å². The average Bonchev–Trinajstić information content (AvgIpc) is 2.38. The number of aliphatic carboxylic acids is 1. The van der Waals surface area contributed by atoms with Crippen molar-refractivity contribution in [2.75, 3.05) is 19.6 Å². The van der Waals surface area contributed by atoms with E-state index < -0.39 is 17.3 Å². The van der Waals surface area contributed by atoms with E-state index in [0.717, 1.165) is 12.8 Å². The van der Waals surface area contributed by atoms with E-state index in [-0.39, 0.29) is 24.9 Å². The number of piperidine rings is 1. The van der Waals surface area contributed by atoms with Crippen molar-refractivity contribution < 1.29 is 19.5 Å². The van der Waals surface area contributed by atoms with Crippen LogP contribution in [0.4, 0.5) is 4.79 Å². The Morgan fingerprint density at radius 2 is 2.05 bits per heavy atom. The second kappa shape index (κ2) is 6.58. The van der Waals surface area contributed by atoms with Crippen LogP contribution in [0.5, 0.6) is 0 Å². The van der Waals surface area contributed by atoms with E-state index in [2.05, 4.69) is 5.32 Å². The molecule has 1 unspecified atom stereocenters. The number of carbonyl (C=O) groups is 3. The van der Waals surface area contributed by atoms with Crippen LogP contribution < -0.4 is 11.1 Å². The molecular formula is C13H23N3O4. The molecule has 0 aromatic heterocycles. The molecule has 0 aromatic carbocycles. The molecule has 1 saturated heterocycles. The highest BCUT2D eigenvalue weighted by molar-refractivity contribution is 5.77. The van der Waals surface area contributed by atoms with Gasteiger partial charge in [-0.05, 0) is 32.6 Å². The van der Waals surface area contributed by atoms with Crippen molar-refractivity contribution in [1.29, 1.82) is 0 Å². The minimum Gasteiger partial charge on any atom is -0.481 e. The van der Waals surface area contributed by atoms with Gasteiger partial charge in [0.2, 0.25) is 5.91 Å². The number of amides is 3. The highest BCUT2D eigenvalue weighted by Gasteiger charge is 2.39. The van der Waals surface area contributed by atoms with Gasteiger partial charge in [0.1, 0.15) is 0 Å². The normalized spacial score (nSPS) is 19.5. The van der Waals surface area contributed by atoms with Crippen molar-refractivity contribution in [2.45, 2.75) is 33.1 Å². The Kier molecular flexibility index (Phi) is 5.35. The van der Waals surface area contributed by atoms with Crippen LogP contribution in [0.1, 0.15) is 33.1 Å². The molecule has 20 heavy (non-hydrogen) atoms. The number of rotatable bonds is 5. The maximum atomic E-state index is 11.9. The van der Waals surface area contributed by atoms with E-state index in [1.54, 1.807) is 18.7 Å². The molecule has 3 amide bonds. The van der Waals surface area contributed by atoms with Gasteiger partial charge in [-0.1, -0.05) is 0 Å². The summed E-state index contributed by atoms with van der Waals surface area (Å²) in [5.41, 5.74) is 4.15. The zero-order chi connectivity index (χ0) is 15.3. The summed E-state index contributed by atoms with van der Waals surface area (Å²) in [7, 11) is 0. The monoisotopic (exact) mass is 285 g/mol. The van der Waals surface area contributed by atoms with Gasteiger partial charge in [0.25, 0.3) is 0 Å². The van der Waals surface area contributed by atoms with Gasteiger partial charge in [-0.3, -0.25) is 9.59 Å². The minimum absolute atomic E-state index is 0.0735. The van der Waals surface area contributed by atoms with Crippen LogP contribution >= 0.6 is 0 Å². The first kappa shape index (κ1) is 16.3. The van der Waals surface area contributed by atoms with Crippen molar-refractivity contribution in [3.05, 3.63) is 0 Å². The Balaban J connectivity index is 2.54. The van der Waals surface area contributed by atoms with E-state index in [4.69, 9.17) is 5.73 Å². The first-order valence-electron chi connectivity index (χ1n) is 6.79. The Morgan fingerprint density at radius 3 is 2.60 bits per heavy atom. The number of hydrogen-bond acceptors (Lipinski definition) is 3. The van der Waals surface area contributed by atoms with Gasteiger partial charge < -0.3 is 21.1 Å². The van der Waals surface area contributed by atoms with Gasteiger partial charge in [0.15, 0.2) is 0 Å². The molecule has 0 spiro atoms. The largest absolute Gasteiger partial charge is 0.481 e. The first-order chi connectivity index (χ1) is 9.25. The Labute approximate surface area is 118 Å². The summed E-state index contributed by atoms with van der Waals surface area (Å²) < 4.78 is 0. The summed E-state index contributed by atoms with van der Waals surface area (Å²) in [5.74, 6) is -1.39. The summed E-state index contributed by atoms with van der Waals surface area (Å²) in [6.07, 6.45) is 1.68. The van der Waals surface area contributed by atoms with Crippen LogP contribution in [0.25, 0.3) is 0 Å². The lowest BCUT2D eigenvalue weighted by Crippen LogP contribution is -2.50. The molecule has 1 rings (SSSR count). The van der Waals surface area contributed by atoms with E-state index in [0.29, 0.717) is 13.1 Å². The summed E-state index contributed by atoms with van der Waals surface area (Å²) in [5, 5.41) is 11.9. The van der Waals surface area contributed by atoms with Crippen LogP contribution in [0.3, 0.4) is 0 Å². The molecule has 1 aliphatic rings. The number of urea groups is 1. The second-order valence-electron chi connectivity index (χ2n) is 5.76. The van der Waals surface area contributed by atoms with Crippen molar-refractivity contribution in [3.63, 3.8) is 0 Å². The molecule has 114 valence electrons. The van der Waals surface area contributed by atoms with Crippen molar-refractivity contribution in [1.82, 2.24) is 10.2 Å². The fourth-order valence-electron chi connectivity index (χ4n) is 2.33. The lowest BCUT2D eigenvalue weighted by molar-refractivity contribution is -0.151. The summed E-state index contributed by atoms with van der Waals surface area (Å²) >= 11 is 0. The second-order valence-corrected chi connectivity index (χ2v) is 5.76. The number of primary amides is 1. The molecule has 0 bridgehead atoms. The van der Waals surface area contributed by atoms with Crippen molar-refractivity contribution >= 4 is 17.9 Å². The fourth-order valence-corrected chi connectivity index (χ4v) is 2.33. The molecule has 4 N–H and O–H groups in total. The van der Waals surface area contributed by atoms with Crippen LogP contribution in [0, 0.1) is 11.3 Å². The van der Waals surface area contributed by atoms with Gasteiger partial charge in [-0.15, -0.1) is 0 Å². The smallest absolute Gasteiger partial charge is 0.317 e. The number of carboxylic acid groups (broad SMARTS) is 1. The molecule has 1 heterocycles. The zero-order valence-electron chi connectivity index (χ0n) is 12.0. The maximum absolute atomic E-state index is 11.9. The third-order valence-corrected chi connectivity index (χ3v) is 3.93. The third kappa shape index (κ3) is 4.11. The molecule has 0 radical (unpaired) electrons. The van der Waals surface area contributed by atoms with Crippen LogP contribution in [0.2, 0.25) is 0 Å². The molecule has 0 aliphatic carbocycles. The van der Waals surface area contributed by atoms with Crippen LogP contribution in [-0.4, -0.2) is 47.5 Å². The zero-order valence-corrected chi connectivity index (χ0v) is 12.0. The molecule has 7 nitrogen and oxygen atoms in total. The van der Waals surface area contributed by atoms with E-state index in [1.165, 1.54) is 0 Å². The number of carboxylic acids is 1. The number of nitrogens with one attached hydrogen (secondary N) is 1. The number of carbonyl (C=O) groups excluding carboxylic acids is 2. The molecular weight excluding hydrogens is 262 g/mol. The molecule has 0 saturated carbocycles. The Bertz CT molecular complexity index is 395. The standard InChI is InChI=1S/C13H23N3O4/c1-13(2,11(18)19)9-4-3-7-16(8-9)12(20)15-6-5-10(14)17/h9H,3-8H2,1-2H3,(H2,14,17)(H,15,20)(H,18,19). The molecule has 7 heteroatoms. The van der Waals surface area contributed by atoms with Gasteiger partial charge in [0, 0.05) is 26.1 Å². The highest BCUT2D eigenvalue weighted by atomic mass is 16.4. The highest BCUT2D eigenvalue weighted by Crippen LogP contribution is 2.34. The Hall–Kier alpha value is -1.79. The maximum Gasteiger partial charge on any atom is 0.317 e. The Morgan fingerprint density at radius 1 is 1.40 bits per heavy atom. The summed E-state index contributed by atoms with van der Waals surface area (Å²) in [4.78, 5) is 35.4. The number of hydrogen-bond donors (Lipinski definition) is 3. The number of likely N-dealkylation sites (tertiary alicyclic amines) is 1. The minimum atomic E-state index is -0.855. The van der Waals surface area contributed by atoms with Crippen LogP contribution in [-0.2, 0) is 9.59 Å². The predicted molar refractivity (Wildman–Crippen MR) is 72.9 cm³/mol. The SMILES string of the molecule is CC(C)(C(=O)O)C1CCCN(C(=O)NCCC(N)=O)C1.